The van der Waals surface area contributed by atoms with Crippen LogP contribution in [0.5, 0.6) is 0 Å². The first kappa shape index (κ1) is 19.6. The highest BCUT2D eigenvalue weighted by atomic mass is 16.2. The molecule has 0 unspecified atom stereocenters. The molecule has 0 saturated heterocycles. The lowest BCUT2D eigenvalue weighted by molar-refractivity contribution is 0.325. The molecule has 0 fully saturated rings. The Kier molecular flexibility index (Phi) is 5.91. The Labute approximate surface area is 171 Å². The molecule has 4 heteroatoms. The molecular weight excluding hydrogens is 360 g/mol. The zero-order chi connectivity index (χ0) is 20.2. The number of benzene rings is 2. The second kappa shape index (κ2) is 8.75. The van der Waals surface area contributed by atoms with E-state index >= 15 is 0 Å². The van der Waals surface area contributed by atoms with Gasteiger partial charge in [-0.15, -0.1) is 0 Å². The monoisotopic (exact) mass is 388 g/mol. The predicted molar refractivity (Wildman–Crippen MR) is 119 cm³/mol. The van der Waals surface area contributed by atoms with Crippen LogP contribution in [-0.2, 0) is 19.4 Å². The van der Waals surface area contributed by atoms with Crippen molar-refractivity contribution < 1.29 is 0 Å². The minimum Gasteiger partial charge on any atom is -0.381 e. The first-order valence-corrected chi connectivity index (χ1v) is 10.6. The van der Waals surface area contributed by atoms with Crippen molar-refractivity contribution in [2.75, 3.05) is 25.5 Å². The molecule has 0 radical (unpaired) electrons. The summed E-state index contributed by atoms with van der Waals surface area (Å²) in [6.45, 7) is 2.51. The lowest BCUT2D eigenvalue weighted by Gasteiger charge is -2.19. The first-order chi connectivity index (χ1) is 14.1. The summed E-state index contributed by atoms with van der Waals surface area (Å²) in [7, 11) is 2.10. The third-order valence-corrected chi connectivity index (χ3v) is 5.86. The third-order valence-electron chi connectivity index (χ3n) is 5.86. The summed E-state index contributed by atoms with van der Waals surface area (Å²) in [5, 5.41) is 3.23. The third kappa shape index (κ3) is 4.33. The van der Waals surface area contributed by atoms with Gasteiger partial charge in [0, 0.05) is 13.1 Å². The number of hydrogen-bond acceptors (Lipinski definition) is 4. The van der Waals surface area contributed by atoms with Crippen LogP contribution in [0.15, 0.2) is 58.1 Å². The maximum Gasteiger partial charge on any atom is 0.250 e. The molecule has 0 aromatic heterocycles. The van der Waals surface area contributed by atoms with Crippen LogP contribution in [0.3, 0.4) is 0 Å². The fourth-order valence-electron chi connectivity index (χ4n) is 4.26. The number of fused-ring (bicyclic) bond motifs is 1. The van der Waals surface area contributed by atoms with Gasteiger partial charge in [-0.05, 0) is 68.0 Å². The largest absolute Gasteiger partial charge is 0.381 e. The van der Waals surface area contributed by atoms with Crippen LogP contribution in [-0.4, -0.2) is 25.0 Å². The quantitative estimate of drug-likeness (QED) is 0.472. The molecule has 0 amide bonds. The molecule has 0 atom stereocenters. The van der Waals surface area contributed by atoms with Gasteiger partial charge in [0.1, 0.15) is 0 Å². The lowest BCUT2D eigenvalue weighted by atomic mass is 9.88. The van der Waals surface area contributed by atoms with E-state index in [0.29, 0.717) is 17.8 Å². The van der Waals surface area contributed by atoms with Gasteiger partial charge in [-0.3, -0.25) is 9.59 Å². The Balaban J connectivity index is 1.35. The van der Waals surface area contributed by atoms with Crippen LogP contribution in [0, 0.1) is 0 Å². The Morgan fingerprint density at radius 3 is 2.48 bits per heavy atom. The number of hydrogen-bond donors (Lipinski definition) is 1. The maximum absolute atomic E-state index is 12.2. The summed E-state index contributed by atoms with van der Waals surface area (Å²) >= 11 is 0. The highest BCUT2D eigenvalue weighted by Crippen LogP contribution is 2.29. The molecule has 4 rings (SSSR count). The van der Waals surface area contributed by atoms with Gasteiger partial charge >= 0.3 is 0 Å². The van der Waals surface area contributed by atoms with E-state index in [-0.39, 0.29) is 10.9 Å². The van der Waals surface area contributed by atoms with Crippen LogP contribution in [0.25, 0.3) is 11.1 Å². The first-order valence-electron chi connectivity index (χ1n) is 10.6. The summed E-state index contributed by atoms with van der Waals surface area (Å²) < 4.78 is 0. The zero-order valence-electron chi connectivity index (χ0n) is 17.0. The van der Waals surface area contributed by atoms with Gasteiger partial charge in [-0.2, -0.15) is 0 Å². The second-order valence-corrected chi connectivity index (χ2v) is 8.10. The van der Waals surface area contributed by atoms with Gasteiger partial charge in [0.15, 0.2) is 0 Å². The molecule has 1 aliphatic carbocycles. The summed E-state index contributed by atoms with van der Waals surface area (Å²) in [4.78, 5) is 26.6. The fourth-order valence-corrected chi connectivity index (χ4v) is 4.26. The average Bonchev–Trinajstić information content (AvgIpc) is 2.75. The van der Waals surface area contributed by atoms with E-state index in [0.717, 1.165) is 37.9 Å². The standard InChI is InChI=1S/C25H28N2O2/c1-27(17-18-8-3-2-4-9-18)15-7-14-26-23-22(24(28)25(23)29)21-13-12-19-10-5-6-11-20(19)16-21/h2-4,8-9,12-13,16,26H,5-7,10-11,14-15,17H2,1H3. The van der Waals surface area contributed by atoms with E-state index < -0.39 is 0 Å². The van der Waals surface area contributed by atoms with Crippen LogP contribution >= 0.6 is 0 Å². The average molecular weight is 389 g/mol. The van der Waals surface area contributed by atoms with Crippen LogP contribution in [0.1, 0.15) is 36.0 Å². The van der Waals surface area contributed by atoms with Crippen LogP contribution in [0.2, 0.25) is 0 Å². The van der Waals surface area contributed by atoms with E-state index in [4.69, 9.17) is 0 Å². The van der Waals surface area contributed by atoms with E-state index in [1.165, 1.54) is 29.5 Å². The molecule has 0 aliphatic heterocycles. The van der Waals surface area contributed by atoms with E-state index in [9.17, 15) is 9.59 Å². The summed E-state index contributed by atoms with van der Waals surface area (Å²) in [6.07, 6.45) is 5.52. The molecule has 3 aromatic rings. The molecule has 1 N–H and O–H groups in total. The molecule has 1 aliphatic rings. The van der Waals surface area contributed by atoms with Gasteiger partial charge in [0.2, 0.25) is 10.9 Å². The smallest absolute Gasteiger partial charge is 0.250 e. The molecule has 4 nitrogen and oxygen atoms in total. The van der Waals surface area contributed by atoms with Crippen molar-refractivity contribution in [3.8, 4) is 11.1 Å². The van der Waals surface area contributed by atoms with Crippen molar-refractivity contribution in [3.63, 3.8) is 0 Å². The zero-order valence-corrected chi connectivity index (χ0v) is 17.0. The highest BCUT2D eigenvalue weighted by molar-refractivity contribution is 5.82. The van der Waals surface area contributed by atoms with Crippen molar-refractivity contribution in [3.05, 3.63) is 85.7 Å². The molecule has 0 heterocycles. The molecule has 3 aromatic carbocycles. The highest BCUT2D eigenvalue weighted by Gasteiger charge is 2.23. The van der Waals surface area contributed by atoms with Gasteiger partial charge < -0.3 is 10.2 Å². The SMILES string of the molecule is CN(CCCNc1c(-c2ccc3c(c2)CCCC3)c(=O)c1=O)Cc1ccccc1. The molecule has 0 spiro atoms. The van der Waals surface area contributed by atoms with Crippen molar-refractivity contribution in [1.29, 1.82) is 0 Å². The van der Waals surface area contributed by atoms with Crippen LogP contribution in [0.4, 0.5) is 5.69 Å². The lowest BCUT2D eigenvalue weighted by Crippen LogP contribution is -2.36. The topological polar surface area (TPSA) is 49.4 Å². The fraction of sp³-hybridized carbons (Fsp3) is 0.360. The van der Waals surface area contributed by atoms with Crippen LogP contribution < -0.4 is 16.2 Å². The van der Waals surface area contributed by atoms with Crippen molar-refractivity contribution in [1.82, 2.24) is 4.90 Å². The van der Waals surface area contributed by atoms with Crippen molar-refractivity contribution >= 4 is 5.69 Å². The minimum atomic E-state index is -0.379. The predicted octanol–water partition coefficient (Wildman–Crippen LogP) is 3.76. The molecule has 150 valence electrons. The number of aryl methyl sites for hydroxylation is 2. The molecular formula is C25H28N2O2. The van der Waals surface area contributed by atoms with Crippen molar-refractivity contribution in [2.45, 2.75) is 38.6 Å². The van der Waals surface area contributed by atoms with Gasteiger partial charge in [-0.25, -0.2) is 0 Å². The molecule has 0 bridgehead atoms. The molecule has 0 saturated carbocycles. The number of nitrogens with one attached hydrogen (secondary N) is 1. The number of rotatable bonds is 8. The summed E-state index contributed by atoms with van der Waals surface area (Å²) in [5.74, 6) is 0. The Bertz CT molecular complexity index is 1050. The summed E-state index contributed by atoms with van der Waals surface area (Å²) in [6, 6.07) is 16.6. The van der Waals surface area contributed by atoms with E-state index in [1.807, 2.05) is 12.1 Å². The maximum atomic E-state index is 12.2. The Morgan fingerprint density at radius 2 is 1.69 bits per heavy atom. The number of nitrogens with zero attached hydrogens (tertiary/aromatic N) is 1. The van der Waals surface area contributed by atoms with E-state index in [1.54, 1.807) is 0 Å². The van der Waals surface area contributed by atoms with Gasteiger partial charge in [-0.1, -0.05) is 48.5 Å². The minimum absolute atomic E-state index is 0.357. The second-order valence-electron chi connectivity index (χ2n) is 8.10. The normalized spacial score (nSPS) is 13.6. The molecule has 29 heavy (non-hydrogen) atoms. The Hall–Kier alpha value is -2.72. The summed E-state index contributed by atoms with van der Waals surface area (Å²) in [5.41, 5.74) is 5.22. The van der Waals surface area contributed by atoms with Gasteiger partial charge in [0.05, 0.1) is 11.3 Å². The number of anilines is 1. The Morgan fingerprint density at radius 1 is 0.931 bits per heavy atom. The van der Waals surface area contributed by atoms with E-state index in [2.05, 4.69) is 53.7 Å². The van der Waals surface area contributed by atoms with Crippen molar-refractivity contribution in [2.24, 2.45) is 0 Å². The van der Waals surface area contributed by atoms with Gasteiger partial charge in [0.25, 0.3) is 0 Å².